The molecule has 0 fully saturated rings. The second-order valence-electron chi connectivity index (χ2n) is 3.74. The summed E-state index contributed by atoms with van der Waals surface area (Å²) in [5.74, 6) is 0.0621. The van der Waals surface area contributed by atoms with Gasteiger partial charge in [0, 0.05) is 0 Å². The van der Waals surface area contributed by atoms with Gasteiger partial charge < -0.3 is 17.7 Å². The molecule has 0 aliphatic heterocycles. The van der Waals surface area contributed by atoms with Crippen molar-refractivity contribution in [3.05, 3.63) is 23.8 Å². The van der Waals surface area contributed by atoms with Gasteiger partial charge in [-0.25, -0.2) is 0 Å². The quantitative estimate of drug-likeness (QED) is 0.430. The third kappa shape index (κ3) is 7.32. The summed E-state index contributed by atoms with van der Waals surface area (Å²) >= 11 is 0. The summed E-state index contributed by atoms with van der Waals surface area (Å²) in [5.41, 5.74) is -0.791. The van der Waals surface area contributed by atoms with Gasteiger partial charge in [-0.15, -0.1) is 18.6 Å². The van der Waals surface area contributed by atoms with Crippen molar-refractivity contribution in [2.45, 2.75) is 13.3 Å². The van der Waals surface area contributed by atoms with E-state index in [-0.39, 0.29) is 62.7 Å². The predicted octanol–water partition coefficient (Wildman–Crippen LogP) is -0.0314. The summed E-state index contributed by atoms with van der Waals surface area (Å²) in [6, 6.07) is 3.03. The molecule has 0 aliphatic rings. The predicted molar refractivity (Wildman–Crippen MR) is 57.4 cm³/mol. The number of aryl methyl sites for hydroxylation is 1. The van der Waals surface area contributed by atoms with Crippen LogP contribution < -0.4 is 61.6 Å². The number of benzene rings is 1. The fraction of sp³-hybridized carbons (Fsp3) is 0.400. The Bertz CT molecular complexity index is 435. The van der Waals surface area contributed by atoms with E-state index in [0.717, 1.165) is 18.2 Å². The van der Waals surface area contributed by atoms with Crippen LogP contribution >= 0.6 is 0 Å². The first-order valence-electron chi connectivity index (χ1n) is 5.23. The van der Waals surface area contributed by atoms with Gasteiger partial charge in [-0.2, -0.15) is 0 Å². The van der Waals surface area contributed by atoms with Crippen molar-refractivity contribution in [3.8, 4) is 5.75 Å². The summed E-state index contributed by atoms with van der Waals surface area (Å²) in [4.78, 5) is 0. The van der Waals surface area contributed by atoms with Gasteiger partial charge in [0.15, 0.2) is 0 Å². The van der Waals surface area contributed by atoms with E-state index in [2.05, 4.69) is 4.74 Å². The molecule has 1 aromatic rings. The molecule has 10 heteroatoms. The summed E-state index contributed by atoms with van der Waals surface area (Å²) in [5, 5.41) is 0. The van der Waals surface area contributed by atoms with Crippen LogP contribution in [0.2, 0.25) is 0 Å². The zero-order valence-electron chi connectivity index (χ0n) is 10.8. The molecule has 0 N–H and O–H groups in total. The van der Waals surface area contributed by atoms with Gasteiger partial charge in [0.25, 0.3) is 0 Å². The minimum absolute atomic E-state index is 0. The van der Waals surface area contributed by atoms with Crippen LogP contribution in [0.5, 0.6) is 5.75 Å². The van der Waals surface area contributed by atoms with Crippen LogP contribution in [-0.2, 0) is 4.74 Å². The topological polar surface area (TPSA) is 18.5 Å². The molecule has 0 aliphatic carbocycles. The molecule has 0 saturated heterocycles. The number of hydrogen-bond acceptors (Lipinski definition) is 2. The van der Waals surface area contributed by atoms with Gasteiger partial charge in [-0.1, -0.05) is 11.6 Å². The van der Waals surface area contributed by atoms with Crippen LogP contribution in [0, 0.1) is 6.92 Å². The second-order valence-corrected chi connectivity index (χ2v) is 3.74. The minimum atomic E-state index is -5.11. The fourth-order valence-corrected chi connectivity index (χ4v) is 1.42. The molecule has 0 aromatic heterocycles. The van der Waals surface area contributed by atoms with Crippen LogP contribution in [0.1, 0.15) is 5.56 Å². The first kappa shape index (κ1) is 20.3. The zero-order valence-corrected chi connectivity index (χ0v) is 13.9. The Morgan fingerprint density at radius 1 is 1.10 bits per heavy atom. The molecule has 0 amide bonds. The normalized spacial score (nSPS) is 11.9. The number of rotatable bonds is 5. The fourth-order valence-electron chi connectivity index (χ4n) is 1.42. The average molecular weight is 326 g/mol. The Balaban J connectivity index is 0.00000361. The van der Waals surface area contributed by atoms with E-state index in [0.29, 0.717) is 0 Å². The van der Waals surface area contributed by atoms with Gasteiger partial charge in [-0.05, 0) is 19.1 Å². The van der Waals surface area contributed by atoms with E-state index in [1.54, 1.807) is 0 Å². The summed E-state index contributed by atoms with van der Waals surface area (Å²) in [6.07, 6.45) is -4.75. The number of hydrogen-bond donors (Lipinski definition) is 0. The summed E-state index contributed by atoms with van der Waals surface area (Å²) in [6.45, 7) is -4.99. The van der Waals surface area contributed by atoms with E-state index in [1.807, 2.05) is 0 Å². The second kappa shape index (κ2) is 8.04. The van der Waals surface area contributed by atoms with E-state index in [9.17, 15) is 26.1 Å². The molecule has 0 bridgehead atoms. The number of alkyl halides is 3. The Hall–Kier alpha value is 0.261. The first-order chi connectivity index (χ1) is 8.59. The van der Waals surface area contributed by atoms with Crippen molar-refractivity contribution in [3.63, 3.8) is 0 Å². The van der Waals surface area contributed by atoms with Gasteiger partial charge in [0.2, 0.25) is 0 Å². The van der Waals surface area contributed by atoms with Crippen molar-refractivity contribution >= 4 is 12.4 Å². The van der Waals surface area contributed by atoms with E-state index < -0.39 is 32.0 Å². The molecular formula is C10H10BF6KO2. The molecule has 108 valence electrons. The molecule has 20 heavy (non-hydrogen) atoms. The third-order valence-corrected chi connectivity index (χ3v) is 2.21. The average Bonchev–Trinajstić information content (AvgIpc) is 2.21. The monoisotopic (exact) mass is 326 g/mol. The van der Waals surface area contributed by atoms with Crippen LogP contribution in [0.4, 0.5) is 26.1 Å². The molecule has 0 heterocycles. The van der Waals surface area contributed by atoms with E-state index >= 15 is 0 Å². The van der Waals surface area contributed by atoms with Gasteiger partial charge in [0.1, 0.15) is 12.4 Å². The molecule has 2 nitrogen and oxygen atoms in total. The molecule has 0 saturated carbocycles. The van der Waals surface area contributed by atoms with E-state index in [4.69, 9.17) is 4.74 Å². The first-order valence-corrected chi connectivity index (χ1v) is 5.23. The maximum Gasteiger partial charge on any atom is 1.00 e. The van der Waals surface area contributed by atoms with Crippen LogP contribution in [-0.4, -0.2) is 26.6 Å². The molecule has 0 atom stereocenters. The molecule has 0 radical (unpaired) electrons. The van der Waals surface area contributed by atoms with Crippen molar-refractivity contribution < 1.29 is 87.0 Å². The summed E-state index contributed by atoms with van der Waals surface area (Å²) < 4.78 is 80.7. The SMILES string of the molecule is Cc1cc(OCCOC(F)(F)F)ccc1[B-](F)(F)F.[K+]. The minimum Gasteiger partial charge on any atom is -0.491 e. The molecule has 0 spiro atoms. The molecular weight excluding hydrogens is 316 g/mol. The van der Waals surface area contributed by atoms with Crippen molar-refractivity contribution in [2.75, 3.05) is 13.2 Å². The van der Waals surface area contributed by atoms with Crippen LogP contribution in [0.3, 0.4) is 0 Å². The zero-order chi connectivity index (χ0) is 14.7. The van der Waals surface area contributed by atoms with Gasteiger partial charge in [0.05, 0.1) is 6.61 Å². The van der Waals surface area contributed by atoms with Gasteiger partial charge in [-0.3, -0.25) is 4.74 Å². The standard InChI is InChI=1S/C10H10BF6O2.K/c1-7-6-8(2-3-9(7)11(15,16)17)18-4-5-19-10(12,13)14;/h2-3,6H,4-5H2,1H3;/q-1;+1. The van der Waals surface area contributed by atoms with E-state index in [1.165, 1.54) is 6.92 Å². The van der Waals surface area contributed by atoms with Crippen molar-refractivity contribution in [1.29, 1.82) is 0 Å². The van der Waals surface area contributed by atoms with Crippen LogP contribution in [0.15, 0.2) is 18.2 Å². The van der Waals surface area contributed by atoms with Crippen molar-refractivity contribution in [2.24, 2.45) is 0 Å². The van der Waals surface area contributed by atoms with Crippen molar-refractivity contribution in [1.82, 2.24) is 0 Å². The Kier molecular flexibility index (Phi) is 8.15. The van der Waals surface area contributed by atoms with Crippen LogP contribution in [0.25, 0.3) is 0 Å². The Morgan fingerprint density at radius 3 is 2.15 bits per heavy atom. The Morgan fingerprint density at radius 2 is 1.70 bits per heavy atom. The number of halogens is 6. The van der Waals surface area contributed by atoms with Gasteiger partial charge >= 0.3 is 64.7 Å². The summed E-state index contributed by atoms with van der Waals surface area (Å²) in [7, 11) is 0. The smallest absolute Gasteiger partial charge is 0.491 e. The maximum atomic E-state index is 12.5. The molecule has 0 unspecified atom stereocenters. The maximum absolute atomic E-state index is 12.5. The molecule has 1 rings (SSSR count). The largest absolute Gasteiger partial charge is 1.00 e. The Labute approximate surface area is 154 Å². The third-order valence-electron chi connectivity index (χ3n) is 2.21. The molecule has 1 aromatic carbocycles. The number of ether oxygens (including phenoxy) is 2.